The number of amides is 1. The molecule has 146 valence electrons. The summed E-state index contributed by atoms with van der Waals surface area (Å²) in [4.78, 5) is 12.6. The SMILES string of the molecule is Cc1ccc(-n2cnnc2SCC(=O)NC(c2ccccc2)C(C)C)cc1Cl. The van der Waals surface area contributed by atoms with E-state index in [1.54, 1.807) is 6.33 Å². The number of hydrogen-bond donors (Lipinski definition) is 1. The van der Waals surface area contributed by atoms with Crippen LogP contribution in [0.1, 0.15) is 31.0 Å². The third-order valence-electron chi connectivity index (χ3n) is 4.42. The molecule has 7 heteroatoms. The number of nitrogens with zero attached hydrogens (tertiary/aromatic N) is 3. The smallest absolute Gasteiger partial charge is 0.230 e. The van der Waals surface area contributed by atoms with Crippen LogP contribution in [0.4, 0.5) is 0 Å². The lowest BCUT2D eigenvalue weighted by Gasteiger charge is -2.22. The summed E-state index contributed by atoms with van der Waals surface area (Å²) >= 11 is 7.58. The van der Waals surface area contributed by atoms with Gasteiger partial charge in [0.05, 0.1) is 17.5 Å². The van der Waals surface area contributed by atoms with Crippen LogP contribution in [0.15, 0.2) is 60.0 Å². The Morgan fingerprint density at radius 2 is 1.96 bits per heavy atom. The lowest BCUT2D eigenvalue weighted by Crippen LogP contribution is -2.33. The highest BCUT2D eigenvalue weighted by Gasteiger charge is 2.19. The van der Waals surface area contributed by atoms with Crippen molar-refractivity contribution >= 4 is 29.3 Å². The highest BCUT2D eigenvalue weighted by atomic mass is 35.5. The normalized spacial score (nSPS) is 12.2. The second-order valence-corrected chi connectivity index (χ2v) is 8.26. The van der Waals surface area contributed by atoms with Crippen molar-refractivity contribution in [3.63, 3.8) is 0 Å². The van der Waals surface area contributed by atoms with E-state index in [9.17, 15) is 4.79 Å². The number of benzene rings is 2. The molecule has 1 heterocycles. The van der Waals surface area contributed by atoms with E-state index < -0.39 is 0 Å². The monoisotopic (exact) mass is 414 g/mol. The molecule has 1 unspecified atom stereocenters. The minimum Gasteiger partial charge on any atom is -0.348 e. The quantitative estimate of drug-likeness (QED) is 0.562. The van der Waals surface area contributed by atoms with Gasteiger partial charge in [0, 0.05) is 5.02 Å². The van der Waals surface area contributed by atoms with Gasteiger partial charge < -0.3 is 5.32 Å². The summed E-state index contributed by atoms with van der Waals surface area (Å²) in [6.07, 6.45) is 1.63. The summed E-state index contributed by atoms with van der Waals surface area (Å²) < 4.78 is 1.83. The number of carbonyl (C=O) groups is 1. The van der Waals surface area contributed by atoms with Crippen molar-refractivity contribution in [2.45, 2.75) is 32.0 Å². The first kappa shape index (κ1) is 20.4. The van der Waals surface area contributed by atoms with Crippen LogP contribution in [0.2, 0.25) is 5.02 Å². The second kappa shape index (κ2) is 9.26. The molecule has 2 aromatic carbocycles. The highest BCUT2D eigenvalue weighted by molar-refractivity contribution is 7.99. The second-order valence-electron chi connectivity index (χ2n) is 6.91. The van der Waals surface area contributed by atoms with Crippen LogP contribution < -0.4 is 5.32 Å². The molecule has 0 aliphatic rings. The van der Waals surface area contributed by atoms with Gasteiger partial charge in [0.1, 0.15) is 6.33 Å². The molecule has 0 spiro atoms. The van der Waals surface area contributed by atoms with Gasteiger partial charge in [-0.1, -0.05) is 73.6 Å². The van der Waals surface area contributed by atoms with Gasteiger partial charge in [0.2, 0.25) is 5.91 Å². The average molecular weight is 415 g/mol. The van der Waals surface area contributed by atoms with E-state index in [0.29, 0.717) is 10.2 Å². The lowest BCUT2D eigenvalue weighted by atomic mass is 9.96. The van der Waals surface area contributed by atoms with E-state index in [2.05, 4.69) is 29.4 Å². The number of carbonyl (C=O) groups excluding carboxylic acids is 1. The molecule has 1 amide bonds. The molecule has 0 saturated heterocycles. The lowest BCUT2D eigenvalue weighted by molar-refractivity contribution is -0.119. The predicted molar refractivity (Wildman–Crippen MR) is 114 cm³/mol. The summed E-state index contributed by atoms with van der Waals surface area (Å²) in [5.41, 5.74) is 2.98. The topological polar surface area (TPSA) is 59.8 Å². The van der Waals surface area contributed by atoms with Gasteiger partial charge in [-0.15, -0.1) is 10.2 Å². The summed E-state index contributed by atoms with van der Waals surface area (Å²) in [5.74, 6) is 0.507. The molecule has 0 aliphatic heterocycles. The summed E-state index contributed by atoms with van der Waals surface area (Å²) in [6.45, 7) is 6.15. The number of aryl methyl sites for hydroxylation is 1. The van der Waals surface area contributed by atoms with Crippen molar-refractivity contribution in [1.29, 1.82) is 0 Å². The number of aromatic nitrogens is 3. The molecule has 0 saturated carbocycles. The van der Waals surface area contributed by atoms with Gasteiger partial charge in [-0.05, 0) is 36.1 Å². The van der Waals surface area contributed by atoms with Crippen molar-refractivity contribution in [2.24, 2.45) is 5.92 Å². The zero-order valence-electron chi connectivity index (χ0n) is 16.1. The maximum absolute atomic E-state index is 12.6. The largest absolute Gasteiger partial charge is 0.348 e. The molecule has 28 heavy (non-hydrogen) atoms. The van der Waals surface area contributed by atoms with Crippen LogP contribution in [-0.4, -0.2) is 26.4 Å². The minimum atomic E-state index is -0.0379. The van der Waals surface area contributed by atoms with E-state index in [-0.39, 0.29) is 23.6 Å². The van der Waals surface area contributed by atoms with Gasteiger partial charge in [0.25, 0.3) is 0 Å². The van der Waals surface area contributed by atoms with Crippen LogP contribution in [-0.2, 0) is 4.79 Å². The molecular weight excluding hydrogens is 392 g/mol. The van der Waals surface area contributed by atoms with Crippen LogP contribution in [0.3, 0.4) is 0 Å². The maximum Gasteiger partial charge on any atom is 0.230 e. The number of thioether (sulfide) groups is 1. The standard InChI is InChI=1S/C21H23ClN4OS/c1-14(2)20(16-7-5-4-6-8-16)24-19(27)12-28-21-25-23-13-26(21)17-10-9-15(3)18(22)11-17/h4-11,13-14,20H,12H2,1-3H3,(H,24,27). The van der Waals surface area contributed by atoms with Crippen molar-refractivity contribution in [1.82, 2.24) is 20.1 Å². The Hall–Kier alpha value is -2.31. The Morgan fingerprint density at radius 3 is 2.64 bits per heavy atom. The first-order valence-electron chi connectivity index (χ1n) is 9.09. The summed E-state index contributed by atoms with van der Waals surface area (Å²) in [6, 6.07) is 15.8. The zero-order chi connectivity index (χ0) is 20.1. The van der Waals surface area contributed by atoms with Crippen molar-refractivity contribution in [3.8, 4) is 5.69 Å². The molecule has 1 aromatic heterocycles. The van der Waals surface area contributed by atoms with Crippen LogP contribution in [0, 0.1) is 12.8 Å². The molecule has 0 radical (unpaired) electrons. The number of nitrogens with one attached hydrogen (secondary N) is 1. The fourth-order valence-corrected chi connectivity index (χ4v) is 3.79. The summed E-state index contributed by atoms with van der Waals surface area (Å²) in [5, 5.41) is 12.6. The minimum absolute atomic E-state index is 0.0249. The van der Waals surface area contributed by atoms with E-state index in [1.807, 2.05) is 60.0 Å². The van der Waals surface area contributed by atoms with E-state index in [1.165, 1.54) is 11.8 Å². The first-order chi connectivity index (χ1) is 13.5. The third-order valence-corrected chi connectivity index (χ3v) is 5.77. The van der Waals surface area contributed by atoms with Crippen LogP contribution >= 0.6 is 23.4 Å². The molecule has 0 bridgehead atoms. The fourth-order valence-electron chi connectivity index (χ4n) is 2.87. The summed E-state index contributed by atoms with van der Waals surface area (Å²) in [7, 11) is 0. The molecule has 1 atom stereocenters. The van der Waals surface area contributed by atoms with Gasteiger partial charge in [-0.3, -0.25) is 9.36 Å². The van der Waals surface area contributed by atoms with E-state index >= 15 is 0 Å². The van der Waals surface area contributed by atoms with E-state index in [4.69, 9.17) is 11.6 Å². The zero-order valence-corrected chi connectivity index (χ0v) is 17.7. The molecule has 0 aliphatic carbocycles. The third kappa shape index (κ3) is 4.94. The van der Waals surface area contributed by atoms with Crippen LogP contribution in [0.25, 0.3) is 5.69 Å². The maximum atomic E-state index is 12.6. The number of rotatable bonds is 7. The van der Waals surface area contributed by atoms with Gasteiger partial charge in [-0.2, -0.15) is 0 Å². The Balaban J connectivity index is 1.67. The van der Waals surface area contributed by atoms with Crippen molar-refractivity contribution in [2.75, 3.05) is 5.75 Å². The Bertz CT molecular complexity index is 943. The highest BCUT2D eigenvalue weighted by Crippen LogP contribution is 2.25. The fraction of sp³-hybridized carbons (Fsp3) is 0.286. The number of halogens is 1. The Kier molecular flexibility index (Phi) is 6.75. The van der Waals surface area contributed by atoms with Gasteiger partial charge >= 0.3 is 0 Å². The molecule has 1 N–H and O–H groups in total. The predicted octanol–water partition coefficient (Wildman–Crippen LogP) is 4.83. The van der Waals surface area contributed by atoms with Gasteiger partial charge in [0.15, 0.2) is 5.16 Å². The molecule has 5 nitrogen and oxygen atoms in total. The van der Waals surface area contributed by atoms with Crippen molar-refractivity contribution in [3.05, 3.63) is 71.0 Å². The van der Waals surface area contributed by atoms with Crippen molar-refractivity contribution < 1.29 is 4.79 Å². The number of hydrogen-bond acceptors (Lipinski definition) is 4. The van der Waals surface area contributed by atoms with Gasteiger partial charge in [-0.25, -0.2) is 0 Å². The van der Waals surface area contributed by atoms with Crippen LogP contribution in [0.5, 0.6) is 0 Å². The molecular formula is C21H23ClN4OS. The average Bonchev–Trinajstić information content (AvgIpc) is 3.15. The first-order valence-corrected chi connectivity index (χ1v) is 10.5. The Labute approximate surface area is 174 Å². The van der Waals surface area contributed by atoms with E-state index in [0.717, 1.165) is 16.8 Å². The molecule has 0 fully saturated rings. The Morgan fingerprint density at radius 1 is 1.21 bits per heavy atom. The molecule has 3 aromatic rings. The molecule has 3 rings (SSSR count).